The standard InChI is InChI=1S/C25H37N5O4/c1-16(2)11-29(22-23(26)30(12-17(3)4)25(33)27-24(22)32)21(31)15-28-13-18(5)34-20(14-28)19-9-7-6-8-10-19/h6-10,16-18,20H,11-15,26H2,1-5H3,(H,27,32,33). The largest absolute Gasteiger partial charge is 0.383 e. The van der Waals surface area contributed by atoms with E-state index in [2.05, 4.69) is 9.88 Å². The number of hydrogen-bond donors (Lipinski definition) is 2. The zero-order valence-electron chi connectivity index (χ0n) is 20.8. The summed E-state index contributed by atoms with van der Waals surface area (Å²) >= 11 is 0. The van der Waals surface area contributed by atoms with Crippen molar-refractivity contribution in [1.82, 2.24) is 14.5 Å². The van der Waals surface area contributed by atoms with Gasteiger partial charge < -0.3 is 15.4 Å². The van der Waals surface area contributed by atoms with Crippen LogP contribution in [0.1, 0.15) is 46.3 Å². The summed E-state index contributed by atoms with van der Waals surface area (Å²) in [6, 6.07) is 9.94. The minimum absolute atomic E-state index is 0.0222. The maximum Gasteiger partial charge on any atom is 0.330 e. The zero-order chi connectivity index (χ0) is 25.0. The highest BCUT2D eigenvalue weighted by Crippen LogP contribution is 2.26. The van der Waals surface area contributed by atoms with Crippen LogP contribution in [0.25, 0.3) is 0 Å². The summed E-state index contributed by atoms with van der Waals surface area (Å²) in [5, 5.41) is 0. The third-order valence-electron chi connectivity index (χ3n) is 5.75. The lowest BCUT2D eigenvalue weighted by atomic mass is 10.1. The van der Waals surface area contributed by atoms with Crippen LogP contribution in [0, 0.1) is 11.8 Å². The number of nitrogens with two attached hydrogens (primary N) is 1. The first-order chi connectivity index (χ1) is 16.1. The van der Waals surface area contributed by atoms with Gasteiger partial charge in [-0.15, -0.1) is 0 Å². The molecule has 186 valence electrons. The predicted molar refractivity (Wildman–Crippen MR) is 134 cm³/mol. The molecule has 3 rings (SSSR count). The highest BCUT2D eigenvalue weighted by Gasteiger charge is 2.31. The summed E-state index contributed by atoms with van der Waals surface area (Å²) in [5.74, 6) is 0.0159. The highest BCUT2D eigenvalue weighted by atomic mass is 16.5. The summed E-state index contributed by atoms with van der Waals surface area (Å²) in [6.07, 6.45) is -0.190. The van der Waals surface area contributed by atoms with E-state index in [4.69, 9.17) is 10.5 Å². The van der Waals surface area contributed by atoms with Gasteiger partial charge in [-0.05, 0) is 24.3 Å². The van der Waals surface area contributed by atoms with Crippen molar-refractivity contribution in [2.24, 2.45) is 11.8 Å². The van der Waals surface area contributed by atoms with Crippen LogP contribution in [-0.2, 0) is 16.1 Å². The van der Waals surface area contributed by atoms with Crippen LogP contribution in [0.2, 0.25) is 0 Å². The molecule has 9 heteroatoms. The number of benzene rings is 1. The maximum atomic E-state index is 13.6. The molecule has 1 amide bonds. The van der Waals surface area contributed by atoms with E-state index in [1.807, 2.05) is 65.0 Å². The summed E-state index contributed by atoms with van der Waals surface area (Å²) < 4.78 is 7.46. The number of H-pyrrole nitrogens is 1. The van der Waals surface area contributed by atoms with Crippen LogP contribution >= 0.6 is 0 Å². The lowest BCUT2D eigenvalue weighted by Crippen LogP contribution is -2.50. The van der Waals surface area contributed by atoms with Gasteiger partial charge in [0.1, 0.15) is 5.82 Å². The number of aromatic amines is 1. The fourth-order valence-corrected chi connectivity index (χ4v) is 4.36. The fraction of sp³-hybridized carbons (Fsp3) is 0.560. The molecule has 1 saturated heterocycles. The van der Waals surface area contributed by atoms with Gasteiger partial charge in [-0.1, -0.05) is 58.0 Å². The molecule has 9 nitrogen and oxygen atoms in total. The van der Waals surface area contributed by atoms with Gasteiger partial charge in [0.15, 0.2) is 5.69 Å². The number of morpholine rings is 1. The molecule has 2 atom stereocenters. The first-order valence-corrected chi connectivity index (χ1v) is 11.9. The molecule has 1 aliphatic rings. The third kappa shape index (κ3) is 6.15. The van der Waals surface area contributed by atoms with Gasteiger partial charge in [0.2, 0.25) is 5.91 Å². The molecule has 2 aromatic rings. The molecule has 1 aliphatic heterocycles. The number of nitrogens with zero attached hydrogens (tertiary/aromatic N) is 3. The van der Waals surface area contributed by atoms with E-state index in [-0.39, 0.29) is 48.0 Å². The minimum Gasteiger partial charge on any atom is -0.383 e. The smallest absolute Gasteiger partial charge is 0.330 e. The van der Waals surface area contributed by atoms with Crippen molar-refractivity contribution in [1.29, 1.82) is 0 Å². The van der Waals surface area contributed by atoms with Crippen LogP contribution in [0.4, 0.5) is 11.5 Å². The van der Waals surface area contributed by atoms with Crippen molar-refractivity contribution in [2.45, 2.75) is 53.4 Å². The number of ether oxygens (including phenoxy) is 1. The van der Waals surface area contributed by atoms with E-state index in [1.165, 1.54) is 9.47 Å². The minimum atomic E-state index is -0.644. The topological polar surface area (TPSA) is 114 Å². The van der Waals surface area contributed by atoms with Crippen molar-refractivity contribution in [3.63, 3.8) is 0 Å². The predicted octanol–water partition coefficient (Wildman–Crippen LogP) is 2.23. The Morgan fingerprint density at radius 3 is 2.44 bits per heavy atom. The Kier molecular flexibility index (Phi) is 8.33. The molecule has 0 spiro atoms. The van der Waals surface area contributed by atoms with E-state index in [0.717, 1.165) is 5.56 Å². The molecular formula is C25H37N5O4. The van der Waals surface area contributed by atoms with Gasteiger partial charge in [-0.3, -0.25) is 24.0 Å². The number of carbonyl (C=O) groups excluding carboxylic acids is 1. The van der Waals surface area contributed by atoms with Gasteiger partial charge in [-0.2, -0.15) is 0 Å². The van der Waals surface area contributed by atoms with Gasteiger partial charge in [0.25, 0.3) is 5.56 Å². The first-order valence-electron chi connectivity index (χ1n) is 11.9. The van der Waals surface area contributed by atoms with Crippen LogP contribution in [0.3, 0.4) is 0 Å². The van der Waals surface area contributed by atoms with Crippen molar-refractivity contribution in [2.75, 3.05) is 36.8 Å². The average molecular weight is 472 g/mol. The number of amides is 1. The number of nitrogen functional groups attached to an aromatic ring is 1. The van der Waals surface area contributed by atoms with E-state index in [9.17, 15) is 14.4 Å². The van der Waals surface area contributed by atoms with Crippen molar-refractivity contribution < 1.29 is 9.53 Å². The van der Waals surface area contributed by atoms with Gasteiger partial charge >= 0.3 is 5.69 Å². The lowest BCUT2D eigenvalue weighted by molar-refractivity contribution is -0.124. The average Bonchev–Trinajstić information content (AvgIpc) is 2.75. The second-order valence-electron chi connectivity index (χ2n) is 9.94. The lowest BCUT2D eigenvalue weighted by Gasteiger charge is -2.37. The van der Waals surface area contributed by atoms with E-state index in [0.29, 0.717) is 26.2 Å². The number of carbonyl (C=O) groups is 1. The maximum absolute atomic E-state index is 13.6. The quantitative estimate of drug-likeness (QED) is 0.610. The molecule has 2 heterocycles. The van der Waals surface area contributed by atoms with E-state index in [1.54, 1.807) is 0 Å². The first kappa shape index (κ1) is 25.7. The number of aromatic nitrogens is 2. The van der Waals surface area contributed by atoms with E-state index >= 15 is 0 Å². The van der Waals surface area contributed by atoms with Crippen LogP contribution in [0.15, 0.2) is 39.9 Å². The zero-order valence-corrected chi connectivity index (χ0v) is 20.8. The molecule has 1 aromatic heterocycles. The second-order valence-corrected chi connectivity index (χ2v) is 9.94. The molecule has 2 unspecified atom stereocenters. The number of nitrogens with one attached hydrogen (secondary N) is 1. The van der Waals surface area contributed by atoms with Crippen molar-refractivity contribution in [3.8, 4) is 0 Å². The summed E-state index contributed by atoms with van der Waals surface area (Å²) in [6.45, 7) is 11.8. The number of rotatable bonds is 8. The Balaban J connectivity index is 1.89. The molecule has 34 heavy (non-hydrogen) atoms. The Hall–Kier alpha value is -2.91. The molecule has 0 aliphatic carbocycles. The van der Waals surface area contributed by atoms with Gasteiger partial charge in [0.05, 0.1) is 18.8 Å². The molecule has 0 saturated carbocycles. The normalized spacial score (nSPS) is 19.0. The molecule has 3 N–H and O–H groups in total. The second kappa shape index (κ2) is 11.0. The third-order valence-corrected chi connectivity index (χ3v) is 5.75. The number of anilines is 2. The van der Waals surface area contributed by atoms with Crippen molar-refractivity contribution in [3.05, 3.63) is 56.7 Å². The van der Waals surface area contributed by atoms with Crippen LogP contribution in [0.5, 0.6) is 0 Å². The molecule has 1 fully saturated rings. The Morgan fingerprint density at radius 2 is 1.82 bits per heavy atom. The van der Waals surface area contributed by atoms with Crippen LogP contribution in [-0.4, -0.2) is 52.6 Å². The van der Waals surface area contributed by atoms with Gasteiger partial charge in [-0.25, -0.2) is 4.79 Å². The summed E-state index contributed by atoms with van der Waals surface area (Å²) in [5.41, 5.74) is 6.21. The molecule has 0 radical (unpaired) electrons. The number of hydrogen-bond acceptors (Lipinski definition) is 6. The summed E-state index contributed by atoms with van der Waals surface area (Å²) in [7, 11) is 0. The van der Waals surface area contributed by atoms with Gasteiger partial charge in [0, 0.05) is 26.2 Å². The monoisotopic (exact) mass is 471 g/mol. The Labute approximate surface area is 200 Å². The van der Waals surface area contributed by atoms with E-state index < -0.39 is 11.2 Å². The molecule has 0 bridgehead atoms. The van der Waals surface area contributed by atoms with Crippen molar-refractivity contribution >= 4 is 17.4 Å². The SMILES string of the molecule is CC(C)CN(C(=O)CN1CC(C)OC(c2ccccc2)C1)c1c(N)n(CC(C)C)c(=O)[nH]c1=O. The molecule has 1 aromatic carbocycles. The van der Waals surface area contributed by atoms with Crippen LogP contribution < -0.4 is 21.9 Å². The Bertz CT molecular complexity index is 1090. The summed E-state index contributed by atoms with van der Waals surface area (Å²) in [4.78, 5) is 44.6. The molecular weight excluding hydrogens is 434 g/mol. The fourth-order valence-electron chi connectivity index (χ4n) is 4.36. The Morgan fingerprint density at radius 1 is 1.15 bits per heavy atom. The highest BCUT2D eigenvalue weighted by molar-refractivity contribution is 5.96.